The summed E-state index contributed by atoms with van der Waals surface area (Å²) >= 11 is 9.43. The Labute approximate surface area is 259 Å². The molecule has 1 aromatic heterocycles. The molecule has 40 heavy (non-hydrogen) atoms. The van der Waals surface area contributed by atoms with Crippen molar-refractivity contribution in [3.05, 3.63) is 99.5 Å². The number of halogens is 1. The molecule has 204 valence electrons. The number of thiazole rings is 1. The van der Waals surface area contributed by atoms with Gasteiger partial charge in [-0.3, -0.25) is 4.79 Å². The first-order chi connectivity index (χ1) is 18.8. The van der Waals surface area contributed by atoms with E-state index in [0.29, 0.717) is 28.3 Å². The molecule has 2 unspecified atom stereocenters. The van der Waals surface area contributed by atoms with Gasteiger partial charge in [0.1, 0.15) is 17.2 Å². The molecular weight excluding hydrogens is 559 g/mol. The number of carbonyl (C=O) groups is 2. The summed E-state index contributed by atoms with van der Waals surface area (Å²) < 4.78 is 5.92. The van der Waals surface area contributed by atoms with Crippen LogP contribution < -0.4 is 5.32 Å². The molecule has 1 heterocycles. The molecule has 4 aromatic rings. The van der Waals surface area contributed by atoms with Crippen LogP contribution in [0.25, 0.3) is 21.7 Å². The van der Waals surface area contributed by atoms with Crippen molar-refractivity contribution in [2.75, 3.05) is 19.1 Å². The van der Waals surface area contributed by atoms with E-state index in [-0.39, 0.29) is 18.9 Å². The number of benzene rings is 3. The molecule has 10 heteroatoms. The van der Waals surface area contributed by atoms with Gasteiger partial charge in [-0.2, -0.15) is 11.8 Å². The molecule has 2 N–H and O–H groups in total. The number of carboxylic acid groups (broad SMARTS) is 1. The number of methoxy groups -OCH3 is 1. The van der Waals surface area contributed by atoms with Crippen molar-refractivity contribution < 1.29 is 19.4 Å². The molecule has 0 fully saturated rings. The number of ether oxygens (including phenoxy) is 1. The minimum atomic E-state index is -1.05. The van der Waals surface area contributed by atoms with Gasteiger partial charge < -0.3 is 15.2 Å². The molecule has 0 saturated heterocycles. The monoisotopic (exact) mass is 588 g/mol. The van der Waals surface area contributed by atoms with Gasteiger partial charge in [0.05, 0.1) is 9.90 Å². The predicted molar refractivity (Wildman–Crippen MR) is 167 cm³/mol. The third kappa shape index (κ3) is 7.38. The summed E-state index contributed by atoms with van der Waals surface area (Å²) in [6.45, 7) is 1.98. The van der Waals surface area contributed by atoms with Crippen LogP contribution in [0.3, 0.4) is 0 Å². The summed E-state index contributed by atoms with van der Waals surface area (Å²) in [4.78, 5) is 30.7. The molecule has 0 aliphatic rings. The Bertz CT molecular complexity index is 1480. The number of hydrogen-bond acceptors (Lipinski definition) is 6. The number of thioether (sulfide) groups is 1. The molecule has 1 amide bonds. The van der Waals surface area contributed by atoms with Crippen LogP contribution in [0, 0.1) is 6.92 Å². The third-order valence-electron chi connectivity index (χ3n) is 6.36. The minimum absolute atomic E-state index is 0. The molecule has 2 atom stereocenters. The number of amides is 1. The number of nitrogens with zero attached hydrogens (tertiary/aromatic N) is 1. The average molecular weight is 589 g/mol. The Morgan fingerprint density at radius 3 is 2.42 bits per heavy atom. The van der Waals surface area contributed by atoms with Gasteiger partial charge in [-0.1, -0.05) is 60.1 Å². The van der Waals surface area contributed by atoms with E-state index < -0.39 is 24.0 Å². The van der Waals surface area contributed by atoms with Gasteiger partial charge in [0.2, 0.25) is 0 Å². The van der Waals surface area contributed by atoms with Crippen molar-refractivity contribution in [1.29, 1.82) is 0 Å². The van der Waals surface area contributed by atoms with Gasteiger partial charge in [0.25, 0.3) is 5.91 Å². The van der Waals surface area contributed by atoms with E-state index in [1.165, 1.54) is 23.1 Å². The Morgan fingerprint density at radius 2 is 1.77 bits per heavy atom. The van der Waals surface area contributed by atoms with Crippen LogP contribution in [0.5, 0.6) is 0 Å². The van der Waals surface area contributed by atoms with Gasteiger partial charge in [0.15, 0.2) is 0 Å². The topological polar surface area (TPSA) is 88.5 Å². The second kappa shape index (κ2) is 14.9. The molecular formula is C30H30ClLiN2O4S2. The normalized spacial score (nSPS) is 12.3. The van der Waals surface area contributed by atoms with E-state index >= 15 is 0 Å². The van der Waals surface area contributed by atoms with Gasteiger partial charge in [0, 0.05) is 24.4 Å². The number of carboxylic acids is 1. The number of rotatable bonds is 11. The molecule has 0 aliphatic heterocycles. The fourth-order valence-corrected chi connectivity index (χ4v) is 6.15. The van der Waals surface area contributed by atoms with E-state index in [1.807, 2.05) is 73.8 Å². The molecule has 3 aromatic carbocycles. The van der Waals surface area contributed by atoms with Crippen molar-refractivity contribution in [3.8, 4) is 21.7 Å². The third-order valence-corrected chi connectivity index (χ3v) is 8.41. The molecule has 0 aliphatic carbocycles. The van der Waals surface area contributed by atoms with Crippen LogP contribution in [0.2, 0.25) is 5.02 Å². The number of nitrogens with one attached hydrogen (secondary N) is 1. The van der Waals surface area contributed by atoms with Crippen LogP contribution in [0.4, 0.5) is 0 Å². The number of aliphatic carboxylic acids is 1. The second-order valence-electron chi connectivity index (χ2n) is 8.93. The van der Waals surface area contributed by atoms with Gasteiger partial charge in [-0.25, -0.2) is 9.78 Å². The van der Waals surface area contributed by atoms with Crippen LogP contribution in [-0.2, 0) is 9.53 Å². The van der Waals surface area contributed by atoms with Crippen LogP contribution in [0.15, 0.2) is 72.9 Å². The first kappa shape index (κ1) is 31.9. The molecule has 0 bridgehead atoms. The van der Waals surface area contributed by atoms with E-state index in [0.717, 1.165) is 32.1 Å². The maximum atomic E-state index is 13.4. The van der Waals surface area contributed by atoms with E-state index in [9.17, 15) is 14.7 Å². The van der Waals surface area contributed by atoms with E-state index in [2.05, 4.69) is 10.3 Å². The van der Waals surface area contributed by atoms with Crippen LogP contribution in [-0.4, -0.2) is 66.0 Å². The standard InChI is InChI=1S/C30H29ClN2O4S2.Li.H/c1-18-8-4-5-9-20(18)23-16-19(12-13-21(23)28(34)33-25(30(35)36)14-15-38-3)27(37-2)26-17-32-29(39-26)22-10-6-7-11-24(22)31;;/h4-13,16-17,25,27H,14-15H2,1-3H3,(H,33,34)(H,35,36);;. The molecule has 6 nitrogen and oxygen atoms in total. The zero-order valence-corrected chi connectivity index (χ0v) is 24.2. The van der Waals surface area contributed by atoms with Crippen molar-refractivity contribution >= 4 is 65.4 Å². The summed E-state index contributed by atoms with van der Waals surface area (Å²) in [6.07, 6.45) is 3.61. The second-order valence-corrected chi connectivity index (χ2v) is 11.4. The van der Waals surface area contributed by atoms with Gasteiger partial charge in [-0.15, -0.1) is 11.3 Å². The number of aromatic nitrogens is 1. The van der Waals surface area contributed by atoms with Gasteiger partial charge in [-0.05, 0) is 65.8 Å². The molecule has 0 radical (unpaired) electrons. The Kier molecular flexibility index (Phi) is 11.9. The van der Waals surface area contributed by atoms with Crippen LogP contribution >= 0.6 is 34.7 Å². The maximum absolute atomic E-state index is 13.4. The summed E-state index contributed by atoms with van der Waals surface area (Å²) in [5, 5.41) is 13.8. The Morgan fingerprint density at radius 1 is 1.07 bits per heavy atom. The fourth-order valence-electron chi connectivity index (χ4n) is 4.33. The SMILES string of the molecule is COC(c1ccc(C(=O)NC(CCSC)C(=O)O)c(-c2ccccc2C)c1)c1cnc(-c2ccccc2Cl)s1.[LiH]. The summed E-state index contributed by atoms with van der Waals surface area (Å²) in [7, 11) is 1.64. The summed E-state index contributed by atoms with van der Waals surface area (Å²) in [5.41, 5.74) is 4.69. The fraction of sp³-hybridized carbons (Fsp3) is 0.233. The first-order valence-corrected chi connectivity index (χ1v) is 14.9. The summed E-state index contributed by atoms with van der Waals surface area (Å²) in [5.74, 6) is -0.854. The molecule has 0 spiro atoms. The quantitative estimate of drug-likeness (QED) is 0.195. The van der Waals surface area contributed by atoms with Crippen molar-refractivity contribution in [3.63, 3.8) is 0 Å². The summed E-state index contributed by atoms with van der Waals surface area (Å²) in [6, 6.07) is 19.9. The number of aryl methyl sites for hydroxylation is 1. The van der Waals surface area contributed by atoms with Crippen molar-refractivity contribution in [2.45, 2.75) is 25.5 Å². The zero-order valence-electron chi connectivity index (χ0n) is 21.8. The Balaban J connectivity index is 0.00000441. The Hall–Kier alpha value is -2.57. The van der Waals surface area contributed by atoms with Gasteiger partial charge >= 0.3 is 24.8 Å². The van der Waals surface area contributed by atoms with Crippen LogP contribution in [0.1, 0.15) is 38.9 Å². The predicted octanol–water partition coefficient (Wildman–Crippen LogP) is 6.46. The number of carbonyl (C=O) groups excluding carboxylic acids is 1. The molecule has 4 rings (SSSR count). The van der Waals surface area contributed by atoms with E-state index in [4.69, 9.17) is 16.3 Å². The number of hydrogen-bond donors (Lipinski definition) is 2. The van der Waals surface area contributed by atoms with E-state index in [1.54, 1.807) is 19.4 Å². The zero-order chi connectivity index (χ0) is 27.9. The first-order valence-electron chi connectivity index (χ1n) is 12.3. The van der Waals surface area contributed by atoms with Crippen molar-refractivity contribution in [2.24, 2.45) is 0 Å². The average Bonchev–Trinajstić information content (AvgIpc) is 3.41. The van der Waals surface area contributed by atoms with Crippen molar-refractivity contribution in [1.82, 2.24) is 10.3 Å². The molecule has 0 saturated carbocycles.